The fourth-order valence-electron chi connectivity index (χ4n) is 5.50. The van der Waals surface area contributed by atoms with Gasteiger partial charge in [-0.05, 0) is 78.4 Å². The topological polar surface area (TPSA) is 4.93 Å². The fourth-order valence-corrected chi connectivity index (χ4v) is 5.50. The highest BCUT2D eigenvalue weighted by molar-refractivity contribution is 6.09. The van der Waals surface area contributed by atoms with Gasteiger partial charge in [-0.2, -0.15) is 0 Å². The van der Waals surface area contributed by atoms with Crippen LogP contribution in [-0.2, 0) is 0 Å². The van der Waals surface area contributed by atoms with Crippen LogP contribution < -0.4 is 0 Å². The molecule has 194 valence electrons. The molecule has 0 amide bonds. The van der Waals surface area contributed by atoms with Crippen molar-refractivity contribution in [2.75, 3.05) is 0 Å². The van der Waals surface area contributed by atoms with Gasteiger partial charge in [0, 0.05) is 16.5 Å². The molecule has 0 spiro atoms. The molecule has 7 rings (SSSR count). The van der Waals surface area contributed by atoms with Crippen LogP contribution in [0.15, 0.2) is 146 Å². The number of aryl methyl sites for hydroxylation is 3. The highest BCUT2D eigenvalue weighted by Crippen LogP contribution is 2.32. The van der Waals surface area contributed by atoms with E-state index in [4.69, 9.17) is 0 Å². The molecule has 0 atom stereocenters. The van der Waals surface area contributed by atoms with E-state index < -0.39 is 0 Å². The zero-order chi connectivity index (χ0) is 27.5. The molecule has 40 heavy (non-hydrogen) atoms. The van der Waals surface area contributed by atoms with Crippen LogP contribution in [0.3, 0.4) is 0 Å². The number of nitrogens with zero attached hydrogens (tertiary/aromatic N) is 1. The van der Waals surface area contributed by atoms with Gasteiger partial charge in [0.25, 0.3) is 0 Å². The summed E-state index contributed by atoms with van der Waals surface area (Å²) in [5.74, 6) is 0. The van der Waals surface area contributed by atoms with Crippen molar-refractivity contribution in [2.24, 2.45) is 0 Å². The molecule has 0 N–H and O–H groups in total. The van der Waals surface area contributed by atoms with Crippen LogP contribution in [-0.4, -0.2) is 4.57 Å². The molecule has 0 fully saturated rings. The molecule has 0 bridgehead atoms. The maximum atomic E-state index is 2.35. The van der Waals surface area contributed by atoms with Crippen molar-refractivity contribution in [3.8, 4) is 27.9 Å². The summed E-state index contributed by atoms with van der Waals surface area (Å²) >= 11 is 0. The molecule has 1 aromatic heterocycles. The van der Waals surface area contributed by atoms with Gasteiger partial charge in [0.15, 0.2) is 0 Å². The molecule has 0 saturated heterocycles. The number of para-hydroxylation sites is 2. The van der Waals surface area contributed by atoms with Crippen LogP contribution >= 0.6 is 0 Å². The van der Waals surface area contributed by atoms with Gasteiger partial charge in [-0.3, -0.25) is 0 Å². The molecule has 0 saturated carbocycles. The monoisotopic (exact) mass is 515 g/mol. The molecule has 0 aliphatic rings. The lowest BCUT2D eigenvalue weighted by Crippen LogP contribution is -1.93. The Bertz CT molecular complexity index is 1810. The fraction of sp³-hybridized carbons (Fsp3) is 0.0769. The third-order valence-electron chi connectivity index (χ3n) is 7.67. The van der Waals surface area contributed by atoms with Crippen molar-refractivity contribution < 1.29 is 0 Å². The van der Waals surface area contributed by atoms with E-state index >= 15 is 0 Å². The number of fused-ring (bicyclic) bond motifs is 3. The normalized spacial score (nSPS) is 10.9. The van der Waals surface area contributed by atoms with Gasteiger partial charge >= 0.3 is 0 Å². The summed E-state index contributed by atoms with van der Waals surface area (Å²) in [7, 11) is 0. The Kier molecular flexibility index (Phi) is 7.04. The highest BCUT2D eigenvalue weighted by atomic mass is 15.0. The third-order valence-corrected chi connectivity index (χ3v) is 7.67. The molecule has 1 heterocycles. The number of aromatic nitrogens is 1. The van der Waals surface area contributed by atoms with Crippen LogP contribution in [0.2, 0.25) is 0 Å². The molecular formula is C39H33N. The van der Waals surface area contributed by atoms with E-state index in [2.05, 4.69) is 171 Å². The number of hydrogen-bond acceptors (Lipinski definition) is 0. The predicted octanol–water partition coefficient (Wildman–Crippen LogP) is 10.7. The van der Waals surface area contributed by atoms with E-state index in [0.717, 1.165) is 0 Å². The first-order valence-corrected chi connectivity index (χ1v) is 13.9. The van der Waals surface area contributed by atoms with Crippen molar-refractivity contribution in [3.05, 3.63) is 162 Å². The number of rotatable bonds is 3. The molecule has 1 nitrogen and oxygen atoms in total. The average Bonchev–Trinajstić information content (AvgIpc) is 3.33. The lowest BCUT2D eigenvalue weighted by molar-refractivity contribution is 1.18. The largest absolute Gasteiger partial charge is 0.309 e. The van der Waals surface area contributed by atoms with Gasteiger partial charge in [-0.25, -0.2) is 0 Å². The molecular weight excluding hydrogens is 482 g/mol. The van der Waals surface area contributed by atoms with E-state index in [-0.39, 0.29) is 0 Å². The maximum absolute atomic E-state index is 2.35. The molecule has 0 aliphatic carbocycles. The lowest BCUT2D eigenvalue weighted by Gasteiger charge is -2.09. The van der Waals surface area contributed by atoms with Crippen LogP contribution in [0.25, 0.3) is 49.7 Å². The second kappa shape index (κ2) is 11.1. The van der Waals surface area contributed by atoms with Gasteiger partial charge in [-0.1, -0.05) is 127 Å². The zero-order valence-corrected chi connectivity index (χ0v) is 23.3. The summed E-state index contributed by atoms with van der Waals surface area (Å²) < 4.78 is 2.35. The first-order valence-electron chi connectivity index (χ1n) is 13.9. The first kappa shape index (κ1) is 25.4. The summed E-state index contributed by atoms with van der Waals surface area (Å²) in [6.07, 6.45) is 0. The van der Waals surface area contributed by atoms with Crippen molar-refractivity contribution in [2.45, 2.75) is 20.8 Å². The van der Waals surface area contributed by atoms with Crippen molar-refractivity contribution in [1.29, 1.82) is 0 Å². The Labute approximate surface area is 237 Å². The van der Waals surface area contributed by atoms with Gasteiger partial charge in [0.05, 0.1) is 11.0 Å². The molecule has 0 radical (unpaired) electrons. The minimum atomic E-state index is 1.19. The Hall–Kier alpha value is -4.88. The smallest absolute Gasteiger partial charge is 0.0541 e. The molecule has 6 aromatic carbocycles. The summed E-state index contributed by atoms with van der Waals surface area (Å²) in [6, 6.07) is 51.8. The number of hydrogen-bond donors (Lipinski definition) is 0. The van der Waals surface area contributed by atoms with Crippen LogP contribution in [0.1, 0.15) is 16.7 Å². The second-order valence-corrected chi connectivity index (χ2v) is 10.4. The van der Waals surface area contributed by atoms with Crippen molar-refractivity contribution >= 4 is 21.8 Å². The van der Waals surface area contributed by atoms with E-state index in [1.807, 2.05) is 0 Å². The molecule has 0 aliphatic heterocycles. The highest BCUT2D eigenvalue weighted by Gasteiger charge is 2.11. The Morgan fingerprint density at radius 2 is 0.775 bits per heavy atom. The Morgan fingerprint density at radius 3 is 1.25 bits per heavy atom. The number of benzene rings is 6. The van der Waals surface area contributed by atoms with Gasteiger partial charge in [0.1, 0.15) is 0 Å². The van der Waals surface area contributed by atoms with E-state index in [1.54, 1.807) is 0 Å². The second-order valence-electron chi connectivity index (χ2n) is 10.4. The Morgan fingerprint density at radius 1 is 0.375 bits per heavy atom. The van der Waals surface area contributed by atoms with Gasteiger partial charge < -0.3 is 4.57 Å². The molecule has 7 aromatic rings. The van der Waals surface area contributed by atoms with Crippen molar-refractivity contribution in [1.82, 2.24) is 4.57 Å². The van der Waals surface area contributed by atoms with Crippen molar-refractivity contribution in [3.63, 3.8) is 0 Å². The maximum Gasteiger partial charge on any atom is 0.0541 e. The first-order chi connectivity index (χ1) is 19.6. The molecule has 0 unspecified atom stereocenters. The average molecular weight is 516 g/mol. The summed E-state index contributed by atoms with van der Waals surface area (Å²) in [5.41, 5.74) is 12.8. The Balaban J connectivity index is 0.000000175. The quantitative estimate of drug-likeness (QED) is 0.220. The van der Waals surface area contributed by atoms with Gasteiger partial charge in [0.2, 0.25) is 0 Å². The summed E-state index contributed by atoms with van der Waals surface area (Å²) in [5, 5.41) is 2.59. The lowest BCUT2D eigenvalue weighted by atomic mass is 9.97. The third kappa shape index (κ3) is 4.95. The van der Waals surface area contributed by atoms with Crippen LogP contribution in [0, 0.1) is 20.8 Å². The van der Waals surface area contributed by atoms with Gasteiger partial charge in [-0.15, -0.1) is 0 Å². The minimum absolute atomic E-state index is 1.19. The van der Waals surface area contributed by atoms with Crippen LogP contribution in [0.4, 0.5) is 0 Å². The zero-order valence-electron chi connectivity index (χ0n) is 23.3. The van der Waals surface area contributed by atoms with E-state index in [9.17, 15) is 0 Å². The SMILES string of the molecule is Cc1ccc(-c2ccc(-n3c4ccccc4c4ccccc43)cc2)cc1.Cc1ccccc1-c1ccccc1C. The minimum Gasteiger partial charge on any atom is -0.309 e. The predicted molar refractivity (Wildman–Crippen MR) is 172 cm³/mol. The van der Waals surface area contributed by atoms with E-state index in [1.165, 1.54) is 66.4 Å². The summed E-state index contributed by atoms with van der Waals surface area (Å²) in [6.45, 7) is 6.43. The summed E-state index contributed by atoms with van der Waals surface area (Å²) in [4.78, 5) is 0. The van der Waals surface area contributed by atoms with Crippen LogP contribution in [0.5, 0.6) is 0 Å². The molecule has 1 heteroatoms. The standard InChI is InChI=1S/C25H19N.C14H14/c1-18-10-12-19(13-11-18)20-14-16-21(17-15-20)26-24-8-4-2-6-22(24)23-7-3-5-9-25(23)26;1-11-7-3-5-9-13(11)14-10-6-4-8-12(14)2/h2-17H,1H3;3-10H,1-2H3. The van der Waals surface area contributed by atoms with E-state index in [0.29, 0.717) is 0 Å².